The number of hydrogen-bond acceptors (Lipinski definition) is 4. The van der Waals surface area contributed by atoms with Crippen LogP contribution in [0, 0.1) is 0 Å². The number of carboxylic acids is 1. The smallest absolute Gasteiger partial charge is 0.339 e. The molecule has 0 aliphatic rings. The fourth-order valence-corrected chi connectivity index (χ4v) is 1.72. The highest BCUT2D eigenvalue weighted by Gasteiger charge is 2.12. The molecule has 0 unspecified atom stereocenters. The number of aromatic carboxylic acids is 1. The van der Waals surface area contributed by atoms with Crippen LogP contribution in [-0.4, -0.2) is 21.0 Å². The number of carboxylic acid groups (broad SMARTS) is 1. The molecule has 0 radical (unpaired) electrons. The molecule has 20 heavy (non-hydrogen) atoms. The van der Waals surface area contributed by atoms with Gasteiger partial charge in [-0.05, 0) is 13.0 Å². The van der Waals surface area contributed by atoms with Crippen LogP contribution in [0.5, 0.6) is 5.75 Å². The van der Waals surface area contributed by atoms with E-state index in [9.17, 15) is 4.79 Å². The average molecular weight is 270 g/mol. The molecule has 2 rings (SSSR count). The molecule has 0 spiro atoms. The summed E-state index contributed by atoms with van der Waals surface area (Å²) in [7, 11) is 0. The highest BCUT2D eigenvalue weighted by atomic mass is 16.5. The quantitative estimate of drug-likeness (QED) is 0.904. The van der Waals surface area contributed by atoms with Crippen LogP contribution in [0.15, 0.2) is 42.9 Å². The highest BCUT2D eigenvalue weighted by molar-refractivity contribution is 5.88. The Morgan fingerprint density at radius 2 is 2.20 bits per heavy atom. The Balaban J connectivity index is 2.19. The number of hydrogen-bond donors (Lipinski definition) is 1. The lowest BCUT2D eigenvalue weighted by atomic mass is 10.2. The zero-order chi connectivity index (χ0) is 14.4. The van der Waals surface area contributed by atoms with Crippen molar-refractivity contribution >= 4 is 12.0 Å². The van der Waals surface area contributed by atoms with Gasteiger partial charge in [-0.25, -0.2) is 14.8 Å². The maximum Gasteiger partial charge on any atom is 0.339 e. The second-order valence-electron chi connectivity index (χ2n) is 4.01. The monoisotopic (exact) mass is 270 g/mol. The lowest BCUT2D eigenvalue weighted by molar-refractivity contribution is 0.0692. The standard InChI is InChI=1S/C15H14N2O3/c1-2-5-11-6-3-4-7-14(11)20-9-13-12(15(18)19)8-16-10-17-13/h2-8,10H,9H2,1H3,(H,18,19)/b5-2+. The van der Waals surface area contributed by atoms with Gasteiger partial charge in [-0.15, -0.1) is 0 Å². The highest BCUT2D eigenvalue weighted by Crippen LogP contribution is 2.20. The van der Waals surface area contributed by atoms with Crippen molar-refractivity contribution in [1.82, 2.24) is 9.97 Å². The molecule has 102 valence electrons. The maximum absolute atomic E-state index is 11.1. The minimum absolute atomic E-state index is 0.0519. The van der Waals surface area contributed by atoms with Crippen LogP contribution in [0.4, 0.5) is 0 Å². The average Bonchev–Trinajstić information content (AvgIpc) is 2.47. The van der Waals surface area contributed by atoms with Crippen molar-refractivity contribution in [2.75, 3.05) is 0 Å². The molecule has 0 atom stereocenters. The van der Waals surface area contributed by atoms with Gasteiger partial charge in [0.1, 0.15) is 24.2 Å². The summed E-state index contributed by atoms with van der Waals surface area (Å²) in [6.45, 7) is 2.00. The van der Waals surface area contributed by atoms with Crippen LogP contribution in [-0.2, 0) is 6.61 Å². The summed E-state index contributed by atoms with van der Waals surface area (Å²) in [6, 6.07) is 7.53. The Labute approximate surface area is 116 Å². The van der Waals surface area contributed by atoms with Crippen molar-refractivity contribution in [3.63, 3.8) is 0 Å². The summed E-state index contributed by atoms with van der Waals surface area (Å²) < 4.78 is 5.66. The Bertz CT molecular complexity index is 639. The molecule has 1 aromatic carbocycles. The zero-order valence-electron chi connectivity index (χ0n) is 11.0. The largest absolute Gasteiger partial charge is 0.487 e. The molecule has 0 saturated heterocycles. The van der Waals surface area contributed by atoms with Crippen molar-refractivity contribution in [2.45, 2.75) is 13.5 Å². The second kappa shape index (κ2) is 6.47. The van der Waals surface area contributed by atoms with Gasteiger partial charge in [0.15, 0.2) is 0 Å². The van der Waals surface area contributed by atoms with E-state index in [0.29, 0.717) is 11.4 Å². The fraction of sp³-hybridized carbons (Fsp3) is 0.133. The van der Waals surface area contributed by atoms with E-state index in [1.165, 1.54) is 12.5 Å². The van der Waals surface area contributed by atoms with Crippen molar-refractivity contribution in [3.8, 4) is 5.75 Å². The van der Waals surface area contributed by atoms with Crippen LogP contribution in [0.1, 0.15) is 28.5 Å². The molecule has 1 heterocycles. The summed E-state index contributed by atoms with van der Waals surface area (Å²) in [5.74, 6) is -0.383. The third-order valence-electron chi connectivity index (χ3n) is 2.65. The zero-order valence-corrected chi connectivity index (χ0v) is 11.0. The normalized spacial score (nSPS) is 10.7. The van der Waals surface area contributed by atoms with E-state index < -0.39 is 5.97 Å². The summed E-state index contributed by atoms with van der Waals surface area (Å²) in [5, 5.41) is 9.05. The predicted molar refractivity (Wildman–Crippen MR) is 74.5 cm³/mol. The van der Waals surface area contributed by atoms with E-state index in [1.807, 2.05) is 43.3 Å². The van der Waals surface area contributed by atoms with Gasteiger partial charge in [-0.3, -0.25) is 0 Å². The number of ether oxygens (including phenoxy) is 1. The van der Waals surface area contributed by atoms with Gasteiger partial charge in [-0.2, -0.15) is 0 Å². The van der Waals surface area contributed by atoms with Crippen molar-refractivity contribution in [3.05, 3.63) is 59.7 Å². The van der Waals surface area contributed by atoms with Crippen LogP contribution >= 0.6 is 0 Å². The van der Waals surface area contributed by atoms with Crippen LogP contribution < -0.4 is 4.74 Å². The van der Waals surface area contributed by atoms with Crippen LogP contribution in [0.2, 0.25) is 0 Å². The molecule has 0 aliphatic carbocycles. The summed E-state index contributed by atoms with van der Waals surface area (Å²) in [4.78, 5) is 18.7. The van der Waals surface area contributed by atoms with Gasteiger partial charge in [0.05, 0.1) is 5.69 Å². The van der Waals surface area contributed by atoms with Crippen molar-refractivity contribution in [1.29, 1.82) is 0 Å². The van der Waals surface area contributed by atoms with Crippen molar-refractivity contribution < 1.29 is 14.6 Å². The number of carbonyl (C=O) groups is 1. The van der Waals surface area contributed by atoms with Gasteiger partial charge in [-0.1, -0.05) is 30.4 Å². The Morgan fingerprint density at radius 1 is 1.40 bits per heavy atom. The van der Waals surface area contributed by atoms with Crippen molar-refractivity contribution in [2.24, 2.45) is 0 Å². The van der Waals surface area contributed by atoms with Gasteiger partial charge < -0.3 is 9.84 Å². The molecule has 0 amide bonds. The van der Waals surface area contributed by atoms with Gasteiger partial charge in [0.25, 0.3) is 0 Å². The number of allylic oxidation sites excluding steroid dienone is 1. The minimum Gasteiger partial charge on any atom is -0.487 e. The Hall–Kier alpha value is -2.69. The number of nitrogens with zero attached hydrogens (tertiary/aromatic N) is 2. The molecule has 1 N–H and O–H groups in total. The lowest BCUT2D eigenvalue weighted by Gasteiger charge is -2.09. The molecular weight excluding hydrogens is 256 g/mol. The fourth-order valence-electron chi connectivity index (χ4n) is 1.72. The van der Waals surface area contributed by atoms with Gasteiger partial charge in [0.2, 0.25) is 0 Å². The van der Waals surface area contributed by atoms with Crippen LogP contribution in [0.25, 0.3) is 6.08 Å². The predicted octanol–water partition coefficient (Wildman–Crippen LogP) is 2.79. The van der Waals surface area contributed by atoms with Gasteiger partial charge in [0, 0.05) is 11.8 Å². The lowest BCUT2D eigenvalue weighted by Crippen LogP contribution is -2.08. The van der Waals surface area contributed by atoms with E-state index in [0.717, 1.165) is 5.56 Å². The minimum atomic E-state index is -1.06. The number of rotatable bonds is 5. The molecule has 0 saturated carbocycles. The molecular formula is C15H14N2O3. The molecule has 0 aliphatic heterocycles. The Morgan fingerprint density at radius 3 is 2.95 bits per heavy atom. The molecule has 0 fully saturated rings. The van der Waals surface area contributed by atoms with E-state index in [4.69, 9.17) is 9.84 Å². The second-order valence-corrected chi connectivity index (χ2v) is 4.01. The third kappa shape index (κ3) is 3.20. The van der Waals surface area contributed by atoms with Gasteiger partial charge >= 0.3 is 5.97 Å². The molecule has 2 aromatic rings. The van der Waals surface area contributed by atoms with E-state index in [2.05, 4.69) is 9.97 Å². The van der Waals surface area contributed by atoms with E-state index >= 15 is 0 Å². The Kier molecular flexibility index (Phi) is 4.44. The summed E-state index contributed by atoms with van der Waals surface area (Å²) in [6.07, 6.45) is 6.41. The number of benzene rings is 1. The third-order valence-corrected chi connectivity index (χ3v) is 2.65. The molecule has 1 aromatic heterocycles. The first-order chi connectivity index (χ1) is 9.72. The van der Waals surface area contributed by atoms with Crippen LogP contribution in [0.3, 0.4) is 0 Å². The first kappa shape index (κ1) is 13.7. The van der Waals surface area contributed by atoms with E-state index in [1.54, 1.807) is 0 Å². The SMILES string of the molecule is C/C=C/c1ccccc1OCc1ncncc1C(=O)O. The molecule has 0 bridgehead atoms. The summed E-state index contributed by atoms with van der Waals surface area (Å²) in [5.41, 5.74) is 1.33. The summed E-state index contributed by atoms with van der Waals surface area (Å²) >= 11 is 0. The first-order valence-electron chi connectivity index (χ1n) is 6.09. The maximum atomic E-state index is 11.1. The number of para-hydroxylation sites is 1. The topological polar surface area (TPSA) is 72.3 Å². The molecule has 5 nitrogen and oxygen atoms in total. The number of aromatic nitrogens is 2. The first-order valence-corrected chi connectivity index (χ1v) is 6.09. The van der Waals surface area contributed by atoms with E-state index in [-0.39, 0.29) is 12.2 Å². The molecule has 5 heteroatoms.